The zero-order valence-corrected chi connectivity index (χ0v) is 24.0. The molecule has 2 N–H and O–H groups in total. The topological polar surface area (TPSA) is 155 Å². The lowest BCUT2D eigenvalue weighted by molar-refractivity contribution is -0.133. The van der Waals surface area contributed by atoms with Gasteiger partial charge in [0.2, 0.25) is 15.9 Å². The second kappa shape index (κ2) is 10.5. The summed E-state index contributed by atoms with van der Waals surface area (Å²) >= 11 is 0. The number of pyridine rings is 1. The smallest absolute Gasteiger partial charge is 0.411 e. The number of nitrogens with zero attached hydrogens (tertiary/aromatic N) is 3. The average molecular weight is 587 g/mol. The van der Waals surface area contributed by atoms with Gasteiger partial charge in [-0.1, -0.05) is 12.1 Å². The van der Waals surface area contributed by atoms with Crippen LogP contribution in [0.5, 0.6) is 11.6 Å². The second-order valence-electron chi connectivity index (χ2n) is 11.7. The van der Waals surface area contributed by atoms with E-state index in [1.807, 2.05) is 0 Å². The van der Waals surface area contributed by atoms with Crippen LogP contribution in [0.1, 0.15) is 46.5 Å². The Labute approximate surface area is 238 Å². The number of carbonyl (C=O) groups is 3. The molecule has 3 fully saturated rings. The predicted molar refractivity (Wildman–Crippen MR) is 149 cm³/mol. The summed E-state index contributed by atoms with van der Waals surface area (Å²) < 4.78 is 38.9. The van der Waals surface area contributed by atoms with E-state index >= 15 is 0 Å². The highest BCUT2D eigenvalue weighted by molar-refractivity contribution is 7.90. The summed E-state index contributed by atoms with van der Waals surface area (Å²) in [7, 11) is -3.93. The van der Waals surface area contributed by atoms with E-state index in [0.29, 0.717) is 30.0 Å². The van der Waals surface area contributed by atoms with E-state index in [2.05, 4.69) is 16.3 Å². The van der Waals surface area contributed by atoms with Crippen LogP contribution in [0.25, 0.3) is 10.8 Å². The molecule has 3 aliphatic rings. The molecule has 2 saturated carbocycles. The molecule has 4 unspecified atom stereocenters. The van der Waals surface area contributed by atoms with Crippen LogP contribution in [0.15, 0.2) is 43.1 Å². The minimum atomic E-state index is -3.93. The van der Waals surface area contributed by atoms with Gasteiger partial charge in [0.05, 0.1) is 11.8 Å². The molecule has 220 valence electrons. The molecule has 4 amide bonds. The number of imide groups is 1. The molecule has 0 spiro atoms. The Bertz CT molecular complexity index is 1500. The van der Waals surface area contributed by atoms with Gasteiger partial charge in [-0.2, -0.15) is 0 Å². The Morgan fingerprint density at radius 3 is 2.54 bits per heavy atom. The molecule has 0 bridgehead atoms. The molecular formula is C28H34N4O8S. The van der Waals surface area contributed by atoms with Crippen LogP contribution in [-0.4, -0.2) is 81.9 Å². The standard InChI is InChI=1S/C28H34N4O8S/c1-5-16-13-21(16)32(26(35)30-41(37,38)18-9-10-18)25(34)22-14-17(15-31(22)27(36)40-28(2,3)4)39-24-20-7-6-8-23(33)19(20)11-12-29-24/h5-8,11-12,16-18,21-22,33H,1,9-10,13-15H2,2-4H3,(H,30,35). The molecule has 2 aromatic rings. The van der Waals surface area contributed by atoms with Gasteiger partial charge in [-0.15, -0.1) is 6.58 Å². The average Bonchev–Trinajstić information content (AvgIpc) is 3.81. The first-order valence-electron chi connectivity index (χ1n) is 13.5. The summed E-state index contributed by atoms with van der Waals surface area (Å²) in [6, 6.07) is 3.77. The van der Waals surface area contributed by atoms with Crippen LogP contribution in [-0.2, 0) is 19.6 Å². The number of urea groups is 1. The van der Waals surface area contributed by atoms with Crippen molar-refractivity contribution in [1.82, 2.24) is 19.5 Å². The molecular weight excluding hydrogens is 552 g/mol. The van der Waals surface area contributed by atoms with Crippen molar-refractivity contribution in [2.45, 2.75) is 75.5 Å². The third-order valence-electron chi connectivity index (χ3n) is 7.29. The summed E-state index contributed by atoms with van der Waals surface area (Å²) in [5, 5.41) is 10.6. The van der Waals surface area contributed by atoms with E-state index in [9.17, 15) is 27.9 Å². The van der Waals surface area contributed by atoms with Crippen molar-refractivity contribution in [3.05, 3.63) is 43.1 Å². The number of aromatic hydroxyl groups is 1. The quantitative estimate of drug-likeness (QED) is 0.465. The fourth-order valence-electron chi connectivity index (χ4n) is 5.01. The molecule has 2 aliphatic carbocycles. The summed E-state index contributed by atoms with van der Waals surface area (Å²) in [4.78, 5) is 47.0. The number of carbonyl (C=O) groups excluding carboxylic acids is 3. The zero-order chi connectivity index (χ0) is 29.7. The number of fused-ring (bicyclic) bond motifs is 1. The third kappa shape index (κ3) is 6.09. The first-order chi connectivity index (χ1) is 19.3. The van der Waals surface area contributed by atoms with Gasteiger partial charge in [-0.3, -0.25) is 14.6 Å². The number of benzene rings is 1. The Morgan fingerprint density at radius 2 is 1.90 bits per heavy atom. The predicted octanol–water partition coefficient (Wildman–Crippen LogP) is 3.30. The number of amides is 4. The number of sulfonamides is 1. The van der Waals surface area contributed by atoms with E-state index < -0.39 is 57.1 Å². The molecule has 1 aliphatic heterocycles. The van der Waals surface area contributed by atoms with Crippen molar-refractivity contribution >= 4 is 38.8 Å². The largest absolute Gasteiger partial charge is 0.507 e. The number of aromatic nitrogens is 1. The number of rotatable bonds is 7. The van der Waals surface area contributed by atoms with Gasteiger partial charge >= 0.3 is 12.1 Å². The second-order valence-corrected chi connectivity index (χ2v) is 13.6. The van der Waals surface area contributed by atoms with Crippen LogP contribution in [0, 0.1) is 5.92 Å². The lowest BCUT2D eigenvalue weighted by Gasteiger charge is -2.30. The van der Waals surface area contributed by atoms with E-state index in [1.54, 1.807) is 45.0 Å². The SMILES string of the molecule is C=CC1CC1N(C(=O)NS(=O)(=O)C1CC1)C(=O)C1CC(Oc2nccc3c(O)cccc23)CN1C(=O)OC(C)(C)C. The molecule has 13 heteroatoms. The van der Waals surface area contributed by atoms with E-state index in [4.69, 9.17) is 9.47 Å². The van der Waals surface area contributed by atoms with Crippen LogP contribution in [0.2, 0.25) is 0 Å². The molecule has 41 heavy (non-hydrogen) atoms. The Kier molecular flexibility index (Phi) is 7.35. The minimum Gasteiger partial charge on any atom is -0.507 e. The molecule has 2 heterocycles. The summed E-state index contributed by atoms with van der Waals surface area (Å²) in [6.07, 6.45) is 2.94. The van der Waals surface area contributed by atoms with Gasteiger partial charge in [-0.25, -0.2) is 27.7 Å². The maximum Gasteiger partial charge on any atom is 0.411 e. The summed E-state index contributed by atoms with van der Waals surface area (Å²) in [6.45, 7) is 8.77. The van der Waals surface area contributed by atoms with Gasteiger partial charge in [0.15, 0.2) is 0 Å². The molecule has 12 nitrogen and oxygen atoms in total. The number of nitrogens with one attached hydrogen (secondary N) is 1. The van der Waals surface area contributed by atoms with Crippen molar-refractivity contribution in [1.29, 1.82) is 0 Å². The molecule has 1 aromatic heterocycles. The van der Waals surface area contributed by atoms with Crippen LogP contribution in [0.3, 0.4) is 0 Å². The Morgan fingerprint density at radius 1 is 1.17 bits per heavy atom. The fourth-order valence-corrected chi connectivity index (χ4v) is 6.28. The van der Waals surface area contributed by atoms with E-state index in [-0.39, 0.29) is 30.5 Å². The van der Waals surface area contributed by atoms with Gasteiger partial charge in [0.1, 0.15) is 23.5 Å². The number of phenols is 1. The van der Waals surface area contributed by atoms with Crippen molar-refractivity contribution < 1.29 is 37.4 Å². The van der Waals surface area contributed by atoms with Crippen molar-refractivity contribution in [2.24, 2.45) is 5.92 Å². The normalized spacial score (nSPS) is 24.0. The first kappa shape index (κ1) is 28.7. The number of phenolic OH excluding ortho intramolecular Hbond substituents is 1. The molecule has 1 aromatic carbocycles. The monoisotopic (exact) mass is 586 g/mol. The highest BCUT2D eigenvalue weighted by Gasteiger charge is 2.52. The Hall–Kier alpha value is -3.87. The van der Waals surface area contributed by atoms with Crippen molar-refractivity contribution in [3.8, 4) is 11.6 Å². The maximum absolute atomic E-state index is 14.0. The van der Waals surface area contributed by atoms with Crippen LogP contribution >= 0.6 is 0 Å². The first-order valence-corrected chi connectivity index (χ1v) is 15.1. The van der Waals surface area contributed by atoms with Crippen LogP contribution in [0.4, 0.5) is 9.59 Å². The number of hydrogen-bond acceptors (Lipinski definition) is 9. The van der Waals surface area contributed by atoms with Gasteiger partial charge in [0, 0.05) is 29.4 Å². The fraction of sp³-hybridized carbons (Fsp3) is 0.500. The molecule has 1 saturated heterocycles. The van der Waals surface area contributed by atoms with Crippen molar-refractivity contribution in [3.63, 3.8) is 0 Å². The number of hydrogen-bond donors (Lipinski definition) is 2. The van der Waals surface area contributed by atoms with E-state index in [0.717, 1.165) is 4.90 Å². The van der Waals surface area contributed by atoms with Gasteiger partial charge < -0.3 is 14.6 Å². The summed E-state index contributed by atoms with van der Waals surface area (Å²) in [5.74, 6) is -0.666. The lowest BCUT2D eigenvalue weighted by atomic mass is 10.1. The summed E-state index contributed by atoms with van der Waals surface area (Å²) in [5.41, 5.74) is -0.863. The molecule has 5 rings (SSSR count). The number of ether oxygens (including phenoxy) is 2. The van der Waals surface area contributed by atoms with Crippen molar-refractivity contribution in [2.75, 3.05) is 6.54 Å². The number of likely N-dealkylation sites (tertiary alicyclic amines) is 1. The molecule has 4 atom stereocenters. The van der Waals surface area contributed by atoms with Gasteiger partial charge in [0.25, 0.3) is 5.91 Å². The Balaban J connectivity index is 1.43. The minimum absolute atomic E-state index is 0.000406. The van der Waals surface area contributed by atoms with E-state index in [1.165, 1.54) is 17.2 Å². The maximum atomic E-state index is 14.0. The van der Waals surface area contributed by atoms with Gasteiger partial charge in [-0.05, 0) is 64.2 Å². The highest BCUT2D eigenvalue weighted by atomic mass is 32.2. The highest BCUT2D eigenvalue weighted by Crippen LogP contribution is 2.39. The lowest BCUT2D eigenvalue weighted by Crippen LogP contribution is -2.55. The van der Waals surface area contributed by atoms with Crippen LogP contribution < -0.4 is 9.46 Å². The molecule has 0 radical (unpaired) electrons. The third-order valence-corrected chi connectivity index (χ3v) is 9.10. The zero-order valence-electron chi connectivity index (χ0n) is 23.1.